The van der Waals surface area contributed by atoms with Crippen LogP contribution in [0.15, 0.2) is 10.7 Å². The number of fused-ring (bicyclic) bond motifs is 1. The average molecular weight is 195 g/mol. The minimum absolute atomic E-state index is 0.0561. The Labute approximate surface area is 79.7 Å². The van der Waals surface area contributed by atoms with Crippen molar-refractivity contribution in [3.8, 4) is 0 Å². The SMILES string of the molecule is O=C(O)c1coc2c1C(=O)NCCC2. The number of hydrogen-bond acceptors (Lipinski definition) is 3. The average Bonchev–Trinajstić information content (AvgIpc) is 2.48. The van der Waals surface area contributed by atoms with Gasteiger partial charge in [-0.2, -0.15) is 0 Å². The highest BCUT2D eigenvalue weighted by atomic mass is 16.4. The van der Waals surface area contributed by atoms with Crippen LogP contribution in [0.1, 0.15) is 32.9 Å². The summed E-state index contributed by atoms with van der Waals surface area (Å²) in [6.45, 7) is 0.558. The van der Waals surface area contributed by atoms with Gasteiger partial charge in [0.15, 0.2) is 0 Å². The molecule has 5 nitrogen and oxygen atoms in total. The molecule has 0 spiro atoms. The fraction of sp³-hybridized carbons (Fsp3) is 0.333. The molecular weight excluding hydrogens is 186 g/mol. The van der Waals surface area contributed by atoms with E-state index in [2.05, 4.69) is 5.32 Å². The Bertz CT molecular complexity index is 394. The third kappa shape index (κ3) is 1.26. The van der Waals surface area contributed by atoms with Crippen LogP contribution < -0.4 is 5.32 Å². The van der Waals surface area contributed by atoms with E-state index in [4.69, 9.17) is 9.52 Å². The number of carbonyl (C=O) groups is 2. The van der Waals surface area contributed by atoms with Gasteiger partial charge < -0.3 is 14.8 Å². The van der Waals surface area contributed by atoms with Gasteiger partial charge in [0.1, 0.15) is 17.6 Å². The highest BCUT2D eigenvalue weighted by molar-refractivity contribution is 6.05. The quantitative estimate of drug-likeness (QED) is 0.689. The summed E-state index contributed by atoms with van der Waals surface area (Å²) in [6, 6.07) is 0. The van der Waals surface area contributed by atoms with Crippen molar-refractivity contribution in [2.45, 2.75) is 12.8 Å². The first kappa shape index (κ1) is 8.80. The third-order valence-corrected chi connectivity index (χ3v) is 2.19. The molecule has 0 saturated carbocycles. The topological polar surface area (TPSA) is 79.5 Å². The van der Waals surface area contributed by atoms with Crippen LogP contribution in [0.5, 0.6) is 0 Å². The van der Waals surface area contributed by atoms with E-state index in [1.165, 1.54) is 0 Å². The van der Waals surface area contributed by atoms with Gasteiger partial charge in [0.05, 0.1) is 5.56 Å². The van der Waals surface area contributed by atoms with E-state index in [9.17, 15) is 9.59 Å². The fourth-order valence-electron chi connectivity index (χ4n) is 1.53. The van der Waals surface area contributed by atoms with E-state index in [-0.39, 0.29) is 17.0 Å². The van der Waals surface area contributed by atoms with Crippen molar-refractivity contribution < 1.29 is 19.1 Å². The van der Waals surface area contributed by atoms with E-state index in [0.717, 1.165) is 12.7 Å². The molecular formula is C9H9NO4. The lowest BCUT2D eigenvalue weighted by Gasteiger charge is -1.98. The molecule has 1 aromatic heterocycles. The molecule has 0 unspecified atom stereocenters. The molecule has 1 amide bonds. The number of furan rings is 1. The highest BCUT2D eigenvalue weighted by Crippen LogP contribution is 2.20. The number of aryl methyl sites for hydroxylation is 1. The van der Waals surface area contributed by atoms with Crippen molar-refractivity contribution in [1.82, 2.24) is 5.32 Å². The largest absolute Gasteiger partial charge is 0.478 e. The van der Waals surface area contributed by atoms with E-state index >= 15 is 0 Å². The number of carbonyl (C=O) groups excluding carboxylic acids is 1. The van der Waals surface area contributed by atoms with Crippen molar-refractivity contribution in [3.05, 3.63) is 23.2 Å². The number of carboxylic acids is 1. The highest BCUT2D eigenvalue weighted by Gasteiger charge is 2.26. The van der Waals surface area contributed by atoms with Crippen LogP contribution in [0.2, 0.25) is 0 Å². The van der Waals surface area contributed by atoms with E-state index in [1.807, 2.05) is 0 Å². The number of rotatable bonds is 1. The molecule has 0 aliphatic carbocycles. The van der Waals surface area contributed by atoms with Gasteiger partial charge in [0.2, 0.25) is 0 Å². The summed E-state index contributed by atoms with van der Waals surface area (Å²) in [4.78, 5) is 22.2. The second-order valence-corrected chi connectivity index (χ2v) is 3.11. The smallest absolute Gasteiger partial charge is 0.339 e. The van der Waals surface area contributed by atoms with Gasteiger partial charge in [0, 0.05) is 13.0 Å². The molecule has 0 aromatic carbocycles. The maximum atomic E-state index is 11.5. The fourth-order valence-corrected chi connectivity index (χ4v) is 1.53. The zero-order valence-electron chi connectivity index (χ0n) is 7.37. The maximum absolute atomic E-state index is 11.5. The second kappa shape index (κ2) is 3.17. The summed E-state index contributed by atoms with van der Waals surface area (Å²) in [7, 11) is 0. The van der Waals surface area contributed by atoms with Gasteiger partial charge in [-0.3, -0.25) is 4.79 Å². The molecule has 1 aromatic rings. The number of nitrogens with one attached hydrogen (secondary N) is 1. The molecule has 74 valence electrons. The Hall–Kier alpha value is -1.78. The van der Waals surface area contributed by atoms with Crippen LogP contribution in [0.25, 0.3) is 0 Å². The maximum Gasteiger partial charge on any atom is 0.339 e. The molecule has 14 heavy (non-hydrogen) atoms. The van der Waals surface area contributed by atoms with Crippen molar-refractivity contribution in [1.29, 1.82) is 0 Å². The molecule has 0 radical (unpaired) electrons. The Balaban J connectivity index is 2.52. The summed E-state index contributed by atoms with van der Waals surface area (Å²) in [5.74, 6) is -1.02. The standard InChI is InChI=1S/C9H9NO4/c11-8-7-5(9(12)13)4-14-6(7)2-1-3-10-8/h4H,1-3H2,(H,10,11)(H,12,13). The van der Waals surface area contributed by atoms with Crippen LogP contribution >= 0.6 is 0 Å². The van der Waals surface area contributed by atoms with Gasteiger partial charge in [-0.1, -0.05) is 0 Å². The van der Waals surface area contributed by atoms with Crippen LogP contribution in [0.3, 0.4) is 0 Å². The predicted molar refractivity (Wildman–Crippen MR) is 46.3 cm³/mol. The van der Waals surface area contributed by atoms with Gasteiger partial charge >= 0.3 is 5.97 Å². The summed E-state index contributed by atoms with van der Waals surface area (Å²) < 4.78 is 5.06. The summed E-state index contributed by atoms with van der Waals surface area (Å²) in [5.41, 5.74) is 0.120. The van der Waals surface area contributed by atoms with Gasteiger partial charge in [-0.15, -0.1) is 0 Å². The van der Waals surface area contributed by atoms with Crippen LogP contribution in [-0.4, -0.2) is 23.5 Å². The predicted octanol–water partition coefficient (Wildman–Crippen LogP) is 0.654. The minimum Gasteiger partial charge on any atom is -0.478 e. The zero-order valence-corrected chi connectivity index (χ0v) is 7.37. The minimum atomic E-state index is -1.13. The van der Waals surface area contributed by atoms with Crippen molar-refractivity contribution in [2.24, 2.45) is 0 Å². The molecule has 5 heteroatoms. The van der Waals surface area contributed by atoms with E-state index in [0.29, 0.717) is 18.7 Å². The molecule has 0 saturated heterocycles. The van der Waals surface area contributed by atoms with E-state index in [1.54, 1.807) is 0 Å². The lowest BCUT2D eigenvalue weighted by Crippen LogP contribution is -2.24. The summed E-state index contributed by atoms with van der Waals surface area (Å²) in [5, 5.41) is 11.4. The third-order valence-electron chi connectivity index (χ3n) is 2.19. The van der Waals surface area contributed by atoms with Gasteiger partial charge in [0.25, 0.3) is 5.91 Å². The van der Waals surface area contributed by atoms with Gasteiger partial charge in [-0.05, 0) is 6.42 Å². The molecule has 2 N–H and O–H groups in total. The summed E-state index contributed by atoms with van der Waals surface area (Å²) >= 11 is 0. The van der Waals surface area contributed by atoms with Crippen molar-refractivity contribution >= 4 is 11.9 Å². The molecule has 0 bridgehead atoms. The molecule has 0 atom stereocenters. The second-order valence-electron chi connectivity index (χ2n) is 3.11. The lowest BCUT2D eigenvalue weighted by atomic mass is 10.1. The van der Waals surface area contributed by atoms with Crippen LogP contribution in [-0.2, 0) is 6.42 Å². The van der Waals surface area contributed by atoms with Crippen LogP contribution in [0.4, 0.5) is 0 Å². The lowest BCUT2D eigenvalue weighted by molar-refractivity contribution is 0.0691. The first-order valence-corrected chi connectivity index (χ1v) is 4.32. The molecule has 1 aliphatic rings. The summed E-state index contributed by atoms with van der Waals surface area (Å²) in [6.07, 6.45) is 2.49. The molecule has 0 fully saturated rings. The van der Waals surface area contributed by atoms with Gasteiger partial charge in [-0.25, -0.2) is 4.79 Å². The molecule has 1 aliphatic heterocycles. The van der Waals surface area contributed by atoms with Crippen LogP contribution in [0, 0.1) is 0 Å². The first-order valence-electron chi connectivity index (χ1n) is 4.32. The Morgan fingerprint density at radius 3 is 3.07 bits per heavy atom. The number of hydrogen-bond donors (Lipinski definition) is 2. The normalized spacial score (nSPS) is 15.6. The Kier molecular flexibility index (Phi) is 1.99. The molecule has 2 rings (SSSR count). The van der Waals surface area contributed by atoms with E-state index < -0.39 is 5.97 Å². The number of carboxylic acid groups (broad SMARTS) is 1. The number of aromatic carboxylic acids is 1. The monoisotopic (exact) mass is 195 g/mol. The van der Waals surface area contributed by atoms with Crippen molar-refractivity contribution in [3.63, 3.8) is 0 Å². The Morgan fingerprint density at radius 1 is 1.57 bits per heavy atom. The number of amides is 1. The molecule has 2 heterocycles. The zero-order chi connectivity index (χ0) is 10.1. The first-order chi connectivity index (χ1) is 6.70. The van der Waals surface area contributed by atoms with Crippen molar-refractivity contribution in [2.75, 3.05) is 6.54 Å². The Morgan fingerprint density at radius 2 is 2.36 bits per heavy atom.